The summed E-state index contributed by atoms with van der Waals surface area (Å²) < 4.78 is 26.6. The molecule has 0 aromatic heterocycles. The molecule has 1 aromatic rings. The van der Waals surface area contributed by atoms with Crippen LogP contribution in [0.25, 0.3) is 0 Å². The topological polar surface area (TPSA) is 37.1 Å². The molecule has 0 N–H and O–H groups in total. The summed E-state index contributed by atoms with van der Waals surface area (Å²) in [6.45, 7) is 9.80. The van der Waals surface area contributed by atoms with E-state index in [0.29, 0.717) is 11.4 Å². The zero-order valence-electron chi connectivity index (χ0n) is 15.5. The van der Waals surface area contributed by atoms with E-state index in [1.165, 1.54) is 6.04 Å². The monoisotopic (exact) mass is 365 g/mol. The van der Waals surface area contributed by atoms with Crippen molar-refractivity contribution in [1.82, 2.24) is 4.31 Å². The van der Waals surface area contributed by atoms with Crippen molar-refractivity contribution in [2.24, 2.45) is 0 Å². The van der Waals surface area contributed by atoms with Gasteiger partial charge in [0.05, 0.1) is 4.90 Å². The van der Waals surface area contributed by atoms with Crippen LogP contribution in [0.15, 0.2) is 41.3 Å². The Morgan fingerprint density at radius 1 is 1.12 bits per heavy atom. The van der Waals surface area contributed by atoms with Gasteiger partial charge in [-0.25, -0.2) is 8.42 Å². The van der Waals surface area contributed by atoms with Crippen LogP contribution in [0.2, 0.25) is 25.7 Å². The van der Waals surface area contributed by atoms with Gasteiger partial charge in [-0.05, 0) is 44.4 Å². The van der Waals surface area contributed by atoms with E-state index in [0.717, 1.165) is 31.2 Å². The molecule has 134 valence electrons. The predicted octanol–water partition coefficient (Wildman–Crippen LogP) is 4.82. The number of unbranched alkanes of at least 4 members (excludes halogenated alkanes) is 2. The lowest BCUT2D eigenvalue weighted by Crippen LogP contribution is -2.17. The third-order valence-corrected chi connectivity index (χ3v) is 7.74. The van der Waals surface area contributed by atoms with E-state index in [9.17, 15) is 8.42 Å². The van der Waals surface area contributed by atoms with Crippen LogP contribution >= 0.6 is 0 Å². The fraction of sp³-hybridized carbons (Fsp3) is 0.579. The van der Waals surface area contributed by atoms with Gasteiger partial charge < -0.3 is 0 Å². The molecule has 1 aliphatic heterocycles. The SMILES string of the molecule is Cc1ccc(S(=O)(=O)N2C[C@H]2CCCC/C=C/C[Si](C)(C)C)cc1. The zero-order valence-corrected chi connectivity index (χ0v) is 17.3. The Bertz CT molecular complexity index is 660. The molecule has 1 aromatic carbocycles. The first-order chi connectivity index (χ1) is 11.2. The van der Waals surface area contributed by atoms with Gasteiger partial charge in [0.1, 0.15) is 0 Å². The number of aryl methyl sites for hydroxylation is 1. The quantitative estimate of drug-likeness (QED) is 0.272. The Morgan fingerprint density at radius 2 is 1.79 bits per heavy atom. The van der Waals surface area contributed by atoms with Crippen molar-refractivity contribution in [2.45, 2.75) is 69.2 Å². The zero-order chi connectivity index (χ0) is 17.8. The maximum Gasteiger partial charge on any atom is 0.243 e. The van der Waals surface area contributed by atoms with Gasteiger partial charge >= 0.3 is 0 Å². The molecule has 2 atom stereocenters. The van der Waals surface area contributed by atoms with E-state index in [-0.39, 0.29) is 6.04 Å². The van der Waals surface area contributed by atoms with E-state index in [1.54, 1.807) is 16.4 Å². The summed E-state index contributed by atoms with van der Waals surface area (Å²) in [5.41, 5.74) is 1.08. The van der Waals surface area contributed by atoms with Gasteiger partial charge in [-0.1, -0.05) is 55.9 Å². The second-order valence-electron chi connectivity index (χ2n) is 8.06. The normalized spacial score (nSPS) is 21.3. The second-order valence-corrected chi connectivity index (χ2v) is 15.5. The number of sulfonamides is 1. The average Bonchev–Trinajstić information content (AvgIpc) is 3.26. The largest absolute Gasteiger partial charge is 0.243 e. The van der Waals surface area contributed by atoms with Gasteiger partial charge in [0.2, 0.25) is 10.0 Å². The Hall–Kier alpha value is -0.913. The molecular formula is C19H31NO2SSi. The molecule has 1 aliphatic rings. The molecule has 0 bridgehead atoms. The van der Waals surface area contributed by atoms with E-state index >= 15 is 0 Å². The Kier molecular flexibility index (Phi) is 6.45. The molecule has 0 amide bonds. The Morgan fingerprint density at radius 3 is 2.42 bits per heavy atom. The third kappa shape index (κ3) is 5.87. The molecule has 0 aliphatic carbocycles. The maximum atomic E-state index is 12.5. The van der Waals surface area contributed by atoms with Crippen molar-refractivity contribution in [3.05, 3.63) is 42.0 Å². The van der Waals surface area contributed by atoms with Crippen molar-refractivity contribution in [3.8, 4) is 0 Å². The molecule has 3 nitrogen and oxygen atoms in total. The van der Waals surface area contributed by atoms with Crippen molar-refractivity contribution < 1.29 is 8.42 Å². The Labute approximate surface area is 148 Å². The summed E-state index contributed by atoms with van der Waals surface area (Å²) >= 11 is 0. The number of allylic oxidation sites excluding steroid dienone is 2. The maximum absolute atomic E-state index is 12.5. The second kappa shape index (κ2) is 7.98. The number of benzene rings is 1. The van der Waals surface area contributed by atoms with Crippen LogP contribution in [-0.2, 0) is 10.0 Å². The standard InChI is InChI=1S/C19H31NO2SSi/c1-17-11-13-19(14-12-17)23(21,22)20-16-18(20)10-8-6-5-7-9-15-24(2,3)4/h7,9,11-14,18H,5-6,8,10,15-16H2,1-4H3/b9-7+/t18-,20?/m1/s1. The molecule has 0 saturated carbocycles. The lowest BCUT2D eigenvalue weighted by atomic mass is 10.1. The van der Waals surface area contributed by atoms with Gasteiger partial charge in [0.15, 0.2) is 0 Å². The molecule has 1 unspecified atom stereocenters. The fourth-order valence-corrected chi connectivity index (χ4v) is 5.22. The van der Waals surface area contributed by atoms with Crippen LogP contribution in [0.5, 0.6) is 0 Å². The summed E-state index contributed by atoms with van der Waals surface area (Å²) in [6.07, 6.45) is 8.97. The van der Waals surface area contributed by atoms with E-state index in [4.69, 9.17) is 0 Å². The molecule has 5 heteroatoms. The smallest absolute Gasteiger partial charge is 0.207 e. The third-order valence-electron chi connectivity index (χ3n) is 4.35. The molecule has 2 rings (SSSR count). The van der Waals surface area contributed by atoms with Crippen molar-refractivity contribution in [3.63, 3.8) is 0 Å². The molecule has 0 radical (unpaired) electrons. The van der Waals surface area contributed by atoms with Crippen LogP contribution in [-0.4, -0.2) is 33.4 Å². The van der Waals surface area contributed by atoms with Crippen molar-refractivity contribution in [2.75, 3.05) is 6.54 Å². The molecule has 1 heterocycles. The molecule has 0 spiro atoms. The van der Waals surface area contributed by atoms with Gasteiger partial charge in [-0.15, -0.1) is 0 Å². The minimum Gasteiger partial charge on any atom is -0.207 e. The summed E-state index contributed by atoms with van der Waals surface area (Å²) in [7, 11) is -4.24. The number of rotatable bonds is 9. The summed E-state index contributed by atoms with van der Waals surface area (Å²) in [5, 5.41) is 0. The first-order valence-electron chi connectivity index (χ1n) is 8.94. The molecule has 1 fully saturated rings. The highest BCUT2D eigenvalue weighted by atomic mass is 32.2. The highest BCUT2D eigenvalue weighted by molar-refractivity contribution is 7.89. The first-order valence-corrected chi connectivity index (χ1v) is 14.1. The number of nitrogens with zero attached hydrogens (tertiary/aromatic N) is 1. The van der Waals surface area contributed by atoms with Gasteiger partial charge in [0.25, 0.3) is 0 Å². The molecular weight excluding hydrogens is 334 g/mol. The fourth-order valence-electron chi connectivity index (χ4n) is 2.73. The van der Waals surface area contributed by atoms with Gasteiger partial charge in [-0.3, -0.25) is 0 Å². The van der Waals surface area contributed by atoms with Crippen LogP contribution in [0, 0.1) is 6.92 Å². The lowest BCUT2D eigenvalue weighted by molar-refractivity contribution is 0.541. The van der Waals surface area contributed by atoms with Crippen LogP contribution in [0.3, 0.4) is 0 Å². The average molecular weight is 366 g/mol. The van der Waals surface area contributed by atoms with Crippen molar-refractivity contribution >= 4 is 18.1 Å². The minimum atomic E-state index is -3.28. The van der Waals surface area contributed by atoms with Crippen LogP contribution in [0.4, 0.5) is 0 Å². The van der Waals surface area contributed by atoms with Gasteiger partial charge in [-0.2, -0.15) is 4.31 Å². The number of hydrogen-bond acceptors (Lipinski definition) is 2. The van der Waals surface area contributed by atoms with Gasteiger partial charge in [0, 0.05) is 20.7 Å². The minimum absolute atomic E-state index is 0.210. The van der Waals surface area contributed by atoms with E-state index < -0.39 is 18.1 Å². The van der Waals surface area contributed by atoms with Crippen LogP contribution in [0.1, 0.15) is 31.2 Å². The molecule has 1 saturated heterocycles. The number of hydrogen-bond donors (Lipinski definition) is 0. The highest BCUT2D eigenvalue weighted by Gasteiger charge is 2.43. The predicted molar refractivity (Wildman–Crippen MR) is 105 cm³/mol. The summed E-state index contributed by atoms with van der Waals surface area (Å²) in [6, 6.07) is 8.60. The Balaban J connectivity index is 1.69. The summed E-state index contributed by atoms with van der Waals surface area (Å²) in [5.74, 6) is 0. The summed E-state index contributed by atoms with van der Waals surface area (Å²) in [4.78, 5) is 0.421. The first kappa shape index (κ1) is 19.4. The van der Waals surface area contributed by atoms with E-state index in [2.05, 4.69) is 31.8 Å². The molecule has 24 heavy (non-hydrogen) atoms. The van der Waals surface area contributed by atoms with Crippen molar-refractivity contribution in [1.29, 1.82) is 0 Å². The van der Waals surface area contributed by atoms with E-state index in [1.807, 2.05) is 19.1 Å². The lowest BCUT2D eigenvalue weighted by Gasteiger charge is -2.11. The highest BCUT2D eigenvalue weighted by Crippen LogP contribution is 2.31. The van der Waals surface area contributed by atoms with Crippen LogP contribution < -0.4 is 0 Å².